The van der Waals surface area contributed by atoms with Crippen molar-refractivity contribution >= 4 is 11.6 Å². The van der Waals surface area contributed by atoms with E-state index in [4.69, 9.17) is 14.0 Å². The van der Waals surface area contributed by atoms with Crippen LogP contribution in [-0.2, 0) is 11.3 Å². The number of benzene rings is 2. The molecule has 0 spiro atoms. The molecule has 0 aliphatic carbocycles. The molecule has 4 rings (SSSR count). The lowest BCUT2D eigenvalue weighted by atomic mass is 9.97. The summed E-state index contributed by atoms with van der Waals surface area (Å²) in [7, 11) is 3.18. The number of piperidine rings is 1. The summed E-state index contributed by atoms with van der Waals surface area (Å²) in [5, 5.41) is 7.14. The Labute approximate surface area is 187 Å². The third-order valence-electron chi connectivity index (χ3n) is 5.66. The predicted molar refractivity (Wildman–Crippen MR) is 121 cm³/mol. The fourth-order valence-corrected chi connectivity index (χ4v) is 3.90. The van der Waals surface area contributed by atoms with Gasteiger partial charge < -0.3 is 19.3 Å². The number of carbonyl (C=O) groups is 1. The van der Waals surface area contributed by atoms with Gasteiger partial charge in [0.05, 0.1) is 26.7 Å². The Bertz CT molecular complexity index is 1060. The van der Waals surface area contributed by atoms with Crippen LogP contribution in [0.5, 0.6) is 11.5 Å². The van der Waals surface area contributed by atoms with E-state index in [0.717, 1.165) is 30.6 Å². The minimum absolute atomic E-state index is 0.0510. The van der Waals surface area contributed by atoms with Gasteiger partial charge in [0, 0.05) is 17.8 Å². The second kappa shape index (κ2) is 9.82. The summed E-state index contributed by atoms with van der Waals surface area (Å²) in [6.07, 6.45) is 1.82. The summed E-state index contributed by atoms with van der Waals surface area (Å²) in [5.41, 5.74) is 2.78. The van der Waals surface area contributed by atoms with Crippen molar-refractivity contribution in [1.82, 2.24) is 15.0 Å². The Balaban J connectivity index is 1.38. The molecule has 1 aliphatic heterocycles. The number of aryl methyl sites for hydroxylation is 1. The van der Waals surface area contributed by atoms with Crippen LogP contribution in [-0.4, -0.2) is 48.3 Å². The van der Waals surface area contributed by atoms with Crippen molar-refractivity contribution < 1.29 is 18.8 Å². The molecule has 1 atom stereocenters. The highest BCUT2D eigenvalue weighted by Gasteiger charge is 2.27. The van der Waals surface area contributed by atoms with E-state index < -0.39 is 0 Å². The van der Waals surface area contributed by atoms with E-state index in [0.29, 0.717) is 36.3 Å². The van der Waals surface area contributed by atoms with Crippen LogP contribution in [0.2, 0.25) is 0 Å². The summed E-state index contributed by atoms with van der Waals surface area (Å²) in [6.45, 7) is 4.08. The molecule has 2 heterocycles. The van der Waals surface area contributed by atoms with Gasteiger partial charge in [-0.1, -0.05) is 22.9 Å². The van der Waals surface area contributed by atoms with Gasteiger partial charge in [-0.05, 0) is 56.6 Å². The number of carbonyl (C=O) groups excluding carboxylic acids is 1. The smallest absolute Gasteiger partial charge is 0.241 e. The molecular formula is C24H28N4O4. The number of likely N-dealkylation sites (tertiary alicyclic amines) is 1. The molecule has 8 nitrogen and oxygen atoms in total. The number of rotatable bonds is 7. The fraction of sp³-hybridized carbons (Fsp3) is 0.375. The van der Waals surface area contributed by atoms with Crippen molar-refractivity contribution in [2.45, 2.75) is 26.3 Å². The Kier molecular flexibility index (Phi) is 6.70. The summed E-state index contributed by atoms with van der Waals surface area (Å²) in [5.74, 6) is 2.24. The molecular weight excluding hydrogens is 408 g/mol. The van der Waals surface area contributed by atoms with Gasteiger partial charge in [-0.2, -0.15) is 4.98 Å². The predicted octanol–water partition coefficient (Wildman–Crippen LogP) is 3.91. The van der Waals surface area contributed by atoms with Gasteiger partial charge in [0.25, 0.3) is 0 Å². The minimum atomic E-state index is -0.0710. The fourth-order valence-electron chi connectivity index (χ4n) is 3.90. The van der Waals surface area contributed by atoms with Crippen molar-refractivity contribution in [2.24, 2.45) is 5.92 Å². The summed E-state index contributed by atoms with van der Waals surface area (Å²) < 4.78 is 16.1. The van der Waals surface area contributed by atoms with Crippen molar-refractivity contribution in [3.63, 3.8) is 0 Å². The first-order valence-electron chi connectivity index (χ1n) is 10.7. The lowest BCUT2D eigenvalue weighted by Crippen LogP contribution is -2.40. The summed E-state index contributed by atoms with van der Waals surface area (Å²) in [4.78, 5) is 19.5. The van der Waals surface area contributed by atoms with Gasteiger partial charge in [0.1, 0.15) is 0 Å². The van der Waals surface area contributed by atoms with E-state index in [1.165, 1.54) is 5.56 Å². The zero-order chi connectivity index (χ0) is 22.5. The molecule has 0 saturated carbocycles. The maximum atomic E-state index is 12.7. The van der Waals surface area contributed by atoms with Crippen LogP contribution in [0.4, 0.5) is 5.69 Å². The third-order valence-corrected chi connectivity index (χ3v) is 5.66. The molecule has 1 N–H and O–H groups in total. The van der Waals surface area contributed by atoms with Crippen LogP contribution in [0.15, 0.2) is 47.0 Å². The molecule has 0 bridgehead atoms. The largest absolute Gasteiger partial charge is 0.493 e. The van der Waals surface area contributed by atoms with Crippen molar-refractivity contribution in [1.29, 1.82) is 0 Å². The normalized spacial score (nSPS) is 16.5. The quantitative estimate of drug-likeness (QED) is 0.600. The van der Waals surface area contributed by atoms with Gasteiger partial charge in [-0.15, -0.1) is 0 Å². The number of anilines is 1. The number of hydrogen-bond acceptors (Lipinski definition) is 7. The van der Waals surface area contributed by atoms with E-state index in [1.54, 1.807) is 14.2 Å². The maximum Gasteiger partial charge on any atom is 0.241 e. The Morgan fingerprint density at radius 3 is 2.69 bits per heavy atom. The second-order valence-corrected chi connectivity index (χ2v) is 8.01. The van der Waals surface area contributed by atoms with E-state index >= 15 is 0 Å². The van der Waals surface area contributed by atoms with Gasteiger partial charge >= 0.3 is 0 Å². The number of amides is 1. The van der Waals surface area contributed by atoms with E-state index in [2.05, 4.69) is 20.4 Å². The summed E-state index contributed by atoms with van der Waals surface area (Å²) >= 11 is 0. The number of nitrogens with one attached hydrogen (secondary N) is 1. The Morgan fingerprint density at radius 1 is 1.16 bits per heavy atom. The van der Waals surface area contributed by atoms with Crippen LogP contribution < -0.4 is 14.8 Å². The zero-order valence-corrected chi connectivity index (χ0v) is 18.6. The van der Waals surface area contributed by atoms with E-state index in [9.17, 15) is 4.79 Å². The van der Waals surface area contributed by atoms with Gasteiger partial charge in [0.2, 0.25) is 17.6 Å². The van der Waals surface area contributed by atoms with E-state index in [-0.39, 0.29) is 11.8 Å². The minimum Gasteiger partial charge on any atom is -0.493 e. The highest BCUT2D eigenvalue weighted by molar-refractivity contribution is 5.92. The molecule has 1 fully saturated rings. The summed E-state index contributed by atoms with van der Waals surface area (Å²) in [6, 6.07) is 13.3. The molecule has 168 valence electrons. The standard InChI is InChI=1S/C24H28N4O4/c1-16-6-9-19(10-7-16)25-24(29)18-5-4-12-28(14-18)15-22-26-23(27-32-22)17-8-11-20(30-2)21(13-17)31-3/h6-11,13,18H,4-5,12,14-15H2,1-3H3,(H,25,29)/t18-/m1/s1. The molecule has 1 aliphatic rings. The first kappa shape index (κ1) is 21.8. The molecule has 2 aromatic carbocycles. The SMILES string of the molecule is COc1ccc(-c2noc(CN3CCC[C@@H](C(=O)Nc4ccc(C)cc4)C3)n2)cc1OC. The molecule has 32 heavy (non-hydrogen) atoms. The van der Waals surface area contributed by atoms with Gasteiger partial charge in [-0.25, -0.2) is 0 Å². The number of methoxy groups -OCH3 is 2. The molecule has 1 aromatic heterocycles. The topological polar surface area (TPSA) is 89.7 Å². The average molecular weight is 437 g/mol. The lowest BCUT2D eigenvalue weighted by molar-refractivity contribution is -0.121. The monoisotopic (exact) mass is 436 g/mol. The first-order chi connectivity index (χ1) is 15.6. The van der Waals surface area contributed by atoms with Crippen LogP contribution >= 0.6 is 0 Å². The molecule has 1 amide bonds. The highest BCUT2D eigenvalue weighted by Crippen LogP contribution is 2.31. The van der Waals surface area contributed by atoms with Crippen molar-refractivity contribution in [2.75, 3.05) is 32.6 Å². The second-order valence-electron chi connectivity index (χ2n) is 8.01. The number of hydrogen-bond donors (Lipinski definition) is 1. The van der Waals surface area contributed by atoms with Crippen LogP contribution in [0.3, 0.4) is 0 Å². The molecule has 3 aromatic rings. The van der Waals surface area contributed by atoms with E-state index in [1.807, 2.05) is 49.4 Å². The van der Waals surface area contributed by atoms with Crippen molar-refractivity contribution in [3.05, 3.63) is 53.9 Å². The number of nitrogens with zero attached hydrogens (tertiary/aromatic N) is 3. The highest BCUT2D eigenvalue weighted by atomic mass is 16.5. The van der Waals surface area contributed by atoms with Crippen LogP contribution in [0.1, 0.15) is 24.3 Å². The number of ether oxygens (including phenoxy) is 2. The van der Waals surface area contributed by atoms with Crippen molar-refractivity contribution in [3.8, 4) is 22.9 Å². The maximum absolute atomic E-state index is 12.7. The van der Waals surface area contributed by atoms with Crippen LogP contribution in [0.25, 0.3) is 11.4 Å². The lowest BCUT2D eigenvalue weighted by Gasteiger charge is -2.30. The third kappa shape index (κ3) is 5.08. The van der Waals surface area contributed by atoms with Gasteiger partial charge in [0.15, 0.2) is 11.5 Å². The molecule has 0 unspecified atom stereocenters. The molecule has 1 saturated heterocycles. The molecule has 8 heteroatoms. The Hall–Kier alpha value is -3.39. The van der Waals surface area contributed by atoms with Gasteiger partial charge in [-0.3, -0.25) is 9.69 Å². The Morgan fingerprint density at radius 2 is 1.94 bits per heavy atom. The molecule has 0 radical (unpaired) electrons. The number of aromatic nitrogens is 2. The van der Waals surface area contributed by atoms with Crippen LogP contribution in [0, 0.1) is 12.8 Å². The zero-order valence-electron chi connectivity index (χ0n) is 18.6. The average Bonchev–Trinajstić information content (AvgIpc) is 3.28. The first-order valence-corrected chi connectivity index (χ1v) is 10.7.